The molecule has 0 unspecified atom stereocenters. The zero-order valence-corrected chi connectivity index (χ0v) is 9.45. The molecule has 0 heterocycles. The Hall–Kier alpha value is -1.35. The van der Waals surface area contributed by atoms with Gasteiger partial charge in [-0.3, -0.25) is 4.79 Å². The van der Waals surface area contributed by atoms with Gasteiger partial charge in [0.25, 0.3) is 0 Å². The largest absolute Gasteiger partial charge is 0.371 e. The van der Waals surface area contributed by atoms with Crippen LogP contribution in [0.5, 0.6) is 0 Å². The highest BCUT2D eigenvalue weighted by Gasteiger charge is 1.97. The number of carbonyl (C=O) groups is 1. The van der Waals surface area contributed by atoms with E-state index in [-0.39, 0.29) is 12.5 Å². The molecule has 1 N–H and O–H groups in total. The van der Waals surface area contributed by atoms with Crippen LogP contribution in [0, 0.1) is 0 Å². The predicted octanol–water partition coefficient (Wildman–Crippen LogP) is 1.83. The van der Waals surface area contributed by atoms with Crippen LogP contribution in [-0.4, -0.2) is 26.2 Å². The summed E-state index contributed by atoms with van der Waals surface area (Å²) in [5.74, 6) is -0.0985. The molecule has 0 saturated carbocycles. The number of allylic oxidation sites excluding steroid dienone is 4. The zero-order valence-electron chi connectivity index (χ0n) is 9.45. The van der Waals surface area contributed by atoms with E-state index in [1.165, 1.54) is 5.57 Å². The molecule has 0 spiro atoms. The van der Waals surface area contributed by atoms with Crippen molar-refractivity contribution >= 4 is 5.91 Å². The minimum absolute atomic E-state index is 0.0985. The van der Waals surface area contributed by atoms with E-state index in [9.17, 15) is 4.79 Å². The smallest absolute Gasteiger partial charge is 0.245 e. The Kier molecular flexibility index (Phi) is 8.39. The fourth-order valence-corrected chi connectivity index (χ4v) is 0.943. The highest BCUT2D eigenvalue weighted by atomic mass is 16.5. The Balaban J connectivity index is 3.69. The van der Waals surface area contributed by atoms with Gasteiger partial charge in [0.15, 0.2) is 0 Å². The molecule has 0 fully saturated rings. The van der Waals surface area contributed by atoms with Crippen LogP contribution in [0.3, 0.4) is 0 Å². The normalized spacial score (nSPS) is 11.7. The van der Waals surface area contributed by atoms with Gasteiger partial charge < -0.3 is 10.1 Å². The van der Waals surface area contributed by atoms with Crippen LogP contribution in [0.15, 0.2) is 36.5 Å². The molecule has 0 aromatic carbocycles. The molecule has 0 rings (SSSR count). The van der Waals surface area contributed by atoms with Gasteiger partial charge in [-0.25, -0.2) is 0 Å². The van der Waals surface area contributed by atoms with Crippen molar-refractivity contribution in [1.82, 2.24) is 5.32 Å². The molecule has 0 aromatic rings. The molecule has 3 nitrogen and oxygen atoms in total. The first kappa shape index (κ1) is 13.7. The second-order valence-corrected chi connectivity index (χ2v) is 2.93. The summed E-state index contributed by atoms with van der Waals surface area (Å²) >= 11 is 0. The quantitative estimate of drug-likeness (QED) is 0.513. The van der Waals surface area contributed by atoms with Crippen molar-refractivity contribution < 1.29 is 9.53 Å². The predicted molar refractivity (Wildman–Crippen MR) is 62.6 cm³/mol. The van der Waals surface area contributed by atoms with Crippen LogP contribution in [0.2, 0.25) is 0 Å². The molecule has 0 radical (unpaired) electrons. The van der Waals surface area contributed by atoms with Crippen LogP contribution in [0.4, 0.5) is 0 Å². The molecule has 0 aliphatic rings. The van der Waals surface area contributed by atoms with Crippen molar-refractivity contribution in [2.75, 3.05) is 20.3 Å². The number of hydrogen-bond donors (Lipinski definition) is 1. The molecular weight excluding hydrogens is 190 g/mol. The lowest BCUT2D eigenvalue weighted by Gasteiger charge is -2.03. The van der Waals surface area contributed by atoms with E-state index in [1.54, 1.807) is 13.1 Å². The second kappa shape index (κ2) is 9.21. The number of hydrogen-bond acceptors (Lipinski definition) is 2. The minimum Gasteiger partial charge on any atom is -0.371 e. The first-order valence-corrected chi connectivity index (χ1v) is 4.97. The summed E-state index contributed by atoms with van der Waals surface area (Å²) in [4.78, 5) is 10.8. The monoisotopic (exact) mass is 209 g/mol. The summed E-state index contributed by atoms with van der Waals surface area (Å²) in [5.41, 5.74) is 1.17. The Morgan fingerprint density at radius 1 is 1.53 bits per heavy atom. The van der Waals surface area contributed by atoms with E-state index < -0.39 is 0 Å². The van der Waals surface area contributed by atoms with E-state index in [0.29, 0.717) is 6.61 Å². The first-order chi connectivity index (χ1) is 7.24. The van der Waals surface area contributed by atoms with Crippen LogP contribution in [0.1, 0.15) is 13.3 Å². The van der Waals surface area contributed by atoms with Crippen LogP contribution < -0.4 is 5.32 Å². The van der Waals surface area contributed by atoms with Gasteiger partial charge in [0.2, 0.25) is 5.91 Å². The maximum absolute atomic E-state index is 10.8. The average molecular weight is 209 g/mol. The van der Waals surface area contributed by atoms with Gasteiger partial charge in [0.1, 0.15) is 6.61 Å². The molecule has 0 aliphatic carbocycles. The summed E-state index contributed by atoms with van der Waals surface area (Å²) in [5, 5.41) is 2.50. The Morgan fingerprint density at radius 3 is 2.80 bits per heavy atom. The molecule has 84 valence electrons. The summed E-state index contributed by atoms with van der Waals surface area (Å²) in [6, 6.07) is 0. The SMILES string of the molecule is C=C/C=C\C(=C/C)CCOCC(=O)NC. The van der Waals surface area contributed by atoms with Crippen molar-refractivity contribution in [1.29, 1.82) is 0 Å². The molecule has 0 aromatic heterocycles. The Bertz CT molecular complexity index is 254. The number of carbonyl (C=O) groups excluding carboxylic acids is 1. The zero-order chi connectivity index (χ0) is 11.5. The Labute approximate surface area is 91.5 Å². The summed E-state index contributed by atoms with van der Waals surface area (Å²) in [6.45, 7) is 6.25. The van der Waals surface area contributed by atoms with Gasteiger partial charge in [-0.15, -0.1) is 0 Å². The molecule has 0 atom stereocenters. The maximum Gasteiger partial charge on any atom is 0.245 e. The fourth-order valence-electron chi connectivity index (χ4n) is 0.943. The van der Waals surface area contributed by atoms with Crippen LogP contribution in [0.25, 0.3) is 0 Å². The number of amides is 1. The standard InChI is InChI=1S/C12H19NO2/c1-4-6-7-11(5-2)8-9-15-10-12(14)13-3/h4-7H,1,8-10H2,2-3H3,(H,13,14)/b7-6-,11-5+. The minimum atomic E-state index is -0.0985. The van der Waals surface area contributed by atoms with E-state index in [0.717, 1.165) is 6.42 Å². The number of likely N-dealkylation sites (N-methyl/N-ethyl adjacent to an activating group) is 1. The van der Waals surface area contributed by atoms with Gasteiger partial charge in [0, 0.05) is 7.05 Å². The van der Waals surface area contributed by atoms with E-state index >= 15 is 0 Å². The van der Waals surface area contributed by atoms with Crippen molar-refractivity contribution in [3.05, 3.63) is 36.5 Å². The van der Waals surface area contributed by atoms with Gasteiger partial charge in [-0.05, 0) is 13.3 Å². The third-order valence-corrected chi connectivity index (χ3v) is 1.86. The van der Waals surface area contributed by atoms with Gasteiger partial charge >= 0.3 is 0 Å². The van der Waals surface area contributed by atoms with Gasteiger partial charge in [-0.2, -0.15) is 0 Å². The second-order valence-electron chi connectivity index (χ2n) is 2.93. The van der Waals surface area contributed by atoms with Crippen LogP contribution in [-0.2, 0) is 9.53 Å². The molecule has 3 heteroatoms. The maximum atomic E-state index is 10.8. The highest BCUT2D eigenvalue weighted by molar-refractivity contribution is 5.76. The molecule has 0 saturated heterocycles. The van der Waals surface area contributed by atoms with Gasteiger partial charge in [-0.1, -0.05) is 36.5 Å². The van der Waals surface area contributed by atoms with E-state index in [2.05, 4.69) is 11.9 Å². The summed E-state index contributed by atoms with van der Waals surface area (Å²) in [7, 11) is 1.59. The van der Waals surface area contributed by atoms with Crippen molar-refractivity contribution in [3.63, 3.8) is 0 Å². The van der Waals surface area contributed by atoms with Crippen molar-refractivity contribution in [2.24, 2.45) is 0 Å². The number of ether oxygens (including phenoxy) is 1. The summed E-state index contributed by atoms with van der Waals surface area (Å²) < 4.78 is 5.19. The third-order valence-electron chi connectivity index (χ3n) is 1.86. The van der Waals surface area contributed by atoms with E-state index in [1.807, 2.05) is 25.2 Å². The van der Waals surface area contributed by atoms with E-state index in [4.69, 9.17) is 4.74 Å². The number of nitrogens with one attached hydrogen (secondary N) is 1. The molecule has 1 amide bonds. The molecule has 0 aliphatic heterocycles. The number of rotatable bonds is 7. The average Bonchev–Trinajstić information content (AvgIpc) is 2.27. The topological polar surface area (TPSA) is 38.3 Å². The lowest BCUT2D eigenvalue weighted by molar-refractivity contribution is -0.125. The fraction of sp³-hybridized carbons (Fsp3) is 0.417. The molecule has 0 bridgehead atoms. The van der Waals surface area contributed by atoms with Gasteiger partial charge in [0.05, 0.1) is 6.61 Å². The summed E-state index contributed by atoms with van der Waals surface area (Å²) in [6.07, 6.45) is 8.42. The highest BCUT2D eigenvalue weighted by Crippen LogP contribution is 2.03. The lowest BCUT2D eigenvalue weighted by Crippen LogP contribution is -2.23. The lowest BCUT2D eigenvalue weighted by atomic mass is 10.2. The van der Waals surface area contributed by atoms with Crippen LogP contribution >= 0.6 is 0 Å². The molecule has 15 heavy (non-hydrogen) atoms. The van der Waals surface area contributed by atoms with Crippen molar-refractivity contribution in [3.8, 4) is 0 Å². The molecular formula is C12H19NO2. The Morgan fingerprint density at radius 2 is 2.27 bits per heavy atom. The first-order valence-electron chi connectivity index (χ1n) is 4.97. The third kappa shape index (κ3) is 7.70. The van der Waals surface area contributed by atoms with Crippen molar-refractivity contribution in [2.45, 2.75) is 13.3 Å².